The summed E-state index contributed by atoms with van der Waals surface area (Å²) >= 11 is -2.68. The molecule has 1 unspecified atom stereocenters. The molecule has 3 aromatic rings. The molecule has 0 saturated heterocycles. The quantitative estimate of drug-likeness (QED) is 0.650. The van der Waals surface area contributed by atoms with E-state index in [0.717, 1.165) is 33.1 Å². The minimum atomic E-state index is -2.68. The van der Waals surface area contributed by atoms with Crippen molar-refractivity contribution in [3.63, 3.8) is 0 Å². The van der Waals surface area contributed by atoms with Crippen molar-refractivity contribution < 1.29 is 23.8 Å². The SMILES string of the molecule is Cc1cccc(-c2cccc(N(c3ccc(C(=O)O)c(O)c3)S(=O)[O-])c2)c1. The summed E-state index contributed by atoms with van der Waals surface area (Å²) in [6.45, 7) is 1.97. The second kappa shape index (κ2) is 7.61. The molecule has 2 N–H and O–H groups in total. The van der Waals surface area contributed by atoms with Crippen molar-refractivity contribution in [3.05, 3.63) is 77.9 Å². The normalized spacial score (nSPS) is 11.8. The Morgan fingerprint density at radius 1 is 0.963 bits per heavy atom. The zero-order valence-electron chi connectivity index (χ0n) is 14.3. The van der Waals surface area contributed by atoms with Crippen molar-refractivity contribution in [1.29, 1.82) is 0 Å². The molecule has 0 spiro atoms. The van der Waals surface area contributed by atoms with Crippen LogP contribution in [0.5, 0.6) is 5.75 Å². The van der Waals surface area contributed by atoms with Crippen LogP contribution in [-0.4, -0.2) is 24.9 Å². The number of aromatic carboxylic acids is 1. The Bertz CT molecular complexity index is 1030. The van der Waals surface area contributed by atoms with Gasteiger partial charge < -0.3 is 14.8 Å². The van der Waals surface area contributed by atoms with E-state index in [9.17, 15) is 18.7 Å². The number of carboxylic acids is 1. The second-order valence-corrected chi connectivity index (χ2v) is 6.74. The molecule has 27 heavy (non-hydrogen) atoms. The fourth-order valence-corrected chi connectivity index (χ4v) is 3.36. The summed E-state index contributed by atoms with van der Waals surface area (Å²) in [5.41, 5.74) is 3.05. The molecule has 0 radical (unpaired) electrons. The highest BCUT2D eigenvalue weighted by Crippen LogP contribution is 2.33. The summed E-state index contributed by atoms with van der Waals surface area (Å²) in [5.74, 6) is -1.81. The number of benzene rings is 3. The van der Waals surface area contributed by atoms with Gasteiger partial charge in [-0.1, -0.05) is 42.0 Å². The van der Waals surface area contributed by atoms with Crippen molar-refractivity contribution in [2.75, 3.05) is 4.31 Å². The average Bonchev–Trinajstić information content (AvgIpc) is 2.61. The lowest BCUT2D eigenvalue weighted by molar-refractivity contribution is 0.0694. The number of rotatable bonds is 5. The van der Waals surface area contributed by atoms with Crippen LogP contribution in [0.1, 0.15) is 15.9 Å². The van der Waals surface area contributed by atoms with Crippen LogP contribution in [0.25, 0.3) is 11.1 Å². The van der Waals surface area contributed by atoms with E-state index in [0.29, 0.717) is 5.69 Å². The highest BCUT2D eigenvalue weighted by Gasteiger charge is 2.16. The van der Waals surface area contributed by atoms with Gasteiger partial charge in [0.15, 0.2) is 0 Å². The minimum absolute atomic E-state index is 0.132. The van der Waals surface area contributed by atoms with Crippen LogP contribution in [0.15, 0.2) is 66.7 Å². The number of aryl methyl sites for hydroxylation is 1. The first kappa shape index (κ1) is 18.6. The van der Waals surface area contributed by atoms with Crippen LogP contribution < -0.4 is 4.31 Å². The topological polar surface area (TPSA) is 101 Å². The highest BCUT2D eigenvalue weighted by atomic mass is 32.2. The van der Waals surface area contributed by atoms with Crippen LogP contribution in [0.2, 0.25) is 0 Å². The Balaban J connectivity index is 2.06. The maximum Gasteiger partial charge on any atom is 0.339 e. The van der Waals surface area contributed by atoms with E-state index in [-0.39, 0.29) is 11.3 Å². The summed E-state index contributed by atoms with van der Waals surface area (Å²) in [7, 11) is 0. The Morgan fingerprint density at radius 2 is 1.59 bits per heavy atom. The van der Waals surface area contributed by atoms with Crippen molar-refractivity contribution in [2.24, 2.45) is 0 Å². The molecule has 3 rings (SSSR count). The fraction of sp³-hybridized carbons (Fsp3) is 0.0500. The van der Waals surface area contributed by atoms with Crippen molar-refractivity contribution >= 4 is 28.6 Å². The maximum absolute atomic E-state index is 11.9. The number of aromatic hydroxyl groups is 1. The number of anilines is 2. The zero-order valence-corrected chi connectivity index (χ0v) is 15.1. The maximum atomic E-state index is 11.9. The largest absolute Gasteiger partial charge is 0.755 e. The number of carboxylic acid groups (broad SMARTS) is 1. The number of phenols is 1. The molecule has 0 bridgehead atoms. The molecule has 138 valence electrons. The monoisotopic (exact) mass is 382 g/mol. The minimum Gasteiger partial charge on any atom is -0.755 e. The molecule has 0 aliphatic carbocycles. The Morgan fingerprint density at radius 3 is 2.19 bits per heavy atom. The van der Waals surface area contributed by atoms with Crippen LogP contribution in [0, 0.1) is 6.92 Å². The van der Waals surface area contributed by atoms with Crippen LogP contribution in [0.3, 0.4) is 0 Å². The molecule has 6 nitrogen and oxygen atoms in total. The van der Waals surface area contributed by atoms with E-state index in [1.165, 1.54) is 6.07 Å². The summed E-state index contributed by atoms with van der Waals surface area (Å²) in [4.78, 5) is 11.0. The predicted octanol–water partition coefficient (Wildman–Crippen LogP) is 4.00. The van der Waals surface area contributed by atoms with Crippen molar-refractivity contribution in [3.8, 4) is 16.9 Å². The molecule has 3 aromatic carbocycles. The van der Waals surface area contributed by atoms with Gasteiger partial charge in [-0.2, -0.15) is 0 Å². The third-order valence-electron chi connectivity index (χ3n) is 4.03. The van der Waals surface area contributed by atoms with Gasteiger partial charge in [0.1, 0.15) is 11.3 Å². The average molecular weight is 382 g/mol. The van der Waals surface area contributed by atoms with E-state index in [2.05, 4.69) is 0 Å². The van der Waals surface area contributed by atoms with Crippen LogP contribution >= 0.6 is 0 Å². The third-order valence-corrected chi connectivity index (χ3v) is 4.75. The van der Waals surface area contributed by atoms with Crippen LogP contribution in [-0.2, 0) is 11.3 Å². The van der Waals surface area contributed by atoms with Gasteiger partial charge in [-0.25, -0.2) is 4.79 Å². The smallest absolute Gasteiger partial charge is 0.339 e. The van der Waals surface area contributed by atoms with Gasteiger partial charge in [-0.15, -0.1) is 0 Å². The lowest BCUT2D eigenvalue weighted by Gasteiger charge is -2.27. The molecule has 0 aromatic heterocycles. The Hall–Kier alpha value is -3.16. The van der Waals surface area contributed by atoms with Gasteiger partial charge in [0, 0.05) is 6.07 Å². The fourth-order valence-electron chi connectivity index (χ4n) is 2.78. The molecule has 0 amide bonds. The van der Waals surface area contributed by atoms with Crippen molar-refractivity contribution in [1.82, 2.24) is 0 Å². The molecule has 7 heteroatoms. The van der Waals surface area contributed by atoms with E-state index in [1.807, 2.05) is 37.3 Å². The molecule has 0 saturated carbocycles. The summed E-state index contributed by atoms with van der Waals surface area (Å²) in [6.07, 6.45) is 0. The van der Waals surface area contributed by atoms with Crippen molar-refractivity contribution in [2.45, 2.75) is 6.92 Å². The van der Waals surface area contributed by atoms with E-state index >= 15 is 0 Å². The predicted molar refractivity (Wildman–Crippen MR) is 103 cm³/mol. The molecule has 0 aliphatic heterocycles. The van der Waals surface area contributed by atoms with Gasteiger partial charge >= 0.3 is 5.97 Å². The molecule has 0 heterocycles. The standard InChI is InChI=1S/C20H17NO5S/c1-13-4-2-5-14(10-13)15-6-3-7-16(11-15)21(27(25)26)17-8-9-18(20(23)24)19(22)12-17/h2-12,22H,1H3,(H,23,24)(H,25,26)/p-1. The van der Waals surface area contributed by atoms with Gasteiger partial charge in [0.2, 0.25) is 0 Å². The second-order valence-electron chi connectivity index (χ2n) is 5.94. The first-order valence-electron chi connectivity index (χ1n) is 8.00. The number of hydrogen-bond donors (Lipinski definition) is 2. The lowest BCUT2D eigenvalue weighted by atomic mass is 10.0. The van der Waals surface area contributed by atoms with Crippen LogP contribution in [0.4, 0.5) is 11.4 Å². The number of carbonyl (C=O) groups is 1. The molecule has 0 aliphatic rings. The number of nitrogens with zero attached hydrogens (tertiary/aromatic N) is 1. The summed E-state index contributed by atoms with van der Waals surface area (Å²) in [6, 6.07) is 18.4. The molecular weight excluding hydrogens is 366 g/mol. The van der Waals surface area contributed by atoms with Gasteiger partial charge in [0.05, 0.1) is 22.6 Å². The molecular formula is C20H16NO5S-. The van der Waals surface area contributed by atoms with E-state index in [4.69, 9.17) is 5.11 Å². The van der Waals surface area contributed by atoms with E-state index in [1.54, 1.807) is 18.2 Å². The first-order valence-corrected chi connectivity index (χ1v) is 9.03. The Labute approximate surface area is 158 Å². The first-order chi connectivity index (χ1) is 12.9. The lowest BCUT2D eigenvalue weighted by Crippen LogP contribution is -2.19. The zero-order chi connectivity index (χ0) is 19.6. The van der Waals surface area contributed by atoms with Gasteiger partial charge in [0.25, 0.3) is 0 Å². The molecule has 1 atom stereocenters. The van der Waals surface area contributed by atoms with Gasteiger partial charge in [-0.3, -0.25) is 8.51 Å². The third kappa shape index (κ3) is 3.99. The van der Waals surface area contributed by atoms with Gasteiger partial charge in [-0.05, 0) is 42.3 Å². The molecule has 0 fully saturated rings. The summed E-state index contributed by atoms with van der Waals surface area (Å²) in [5, 5.41) is 18.9. The van der Waals surface area contributed by atoms with E-state index < -0.39 is 23.0 Å². The summed E-state index contributed by atoms with van der Waals surface area (Å²) < 4.78 is 24.7. The highest BCUT2D eigenvalue weighted by molar-refractivity contribution is 7.81. The Kier molecular flexibility index (Phi) is 5.25. The number of hydrogen-bond acceptors (Lipinski definition) is 4.